The maximum atomic E-state index is 11.7. The van der Waals surface area contributed by atoms with E-state index in [2.05, 4.69) is 4.74 Å². The Labute approximate surface area is 70.4 Å². The van der Waals surface area contributed by atoms with Crippen LogP contribution in [0.4, 0.5) is 11.7 Å². The third-order valence-corrected chi connectivity index (χ3v) is 1.49. The normalized spacial score (nSPS) is 12.6. The summed E-state index contributed by atoms with van der Waals surface area (Å²) in [5.41, 5.74) is 0. The van der Waals surface area contributed by atoms with Crippen LogP contribution in [-0.2, 0) is 0 Å². The first-order valence-electron chi connectivity index (χ1n) is 3.16. The van der Waals surface area contributed by atoms with Crippen molar-refractivity contribution in [3.8, 4) is 5.75 Å². The van der Waals surface area contributed by atoms with Gasteiger partial charge in [-0.3, -0.25) is 0 Å². The van der Waals surface area contributed by atoms with Crippen LogP contribution in [0.15, 0.2) is 30.3 Å². The molecule has 0 saturated heterocycles. The predicted octanol–water partition coefficient (Wildman–Crippen LogP) is 3.48. The first-order valence-corrected chi connectivity index (χ1v) is 4.66. The Balaban J connectivity index is 2.44. The van der Waals surface area contributed by atoms with Gasteiger partial charge in [0.2, 0.25) is 11.2 Å². The summed E-state index contributed by atoms with van der Waals surface area (Å²) in [7, 11) is 0. The van der Waals surface area contributed by atoms with E-state index in [0.717, 1.165) is 0 Å². The van der Waals surface area contributed by atoms with Gasteiger partial charge in [-0.05, 0) is 12.1 Å². The topological polar surface area (TPSA) is 9.23 Å². The zero-order valence-corrected chi connectivity index (χ0v) is 6.86. The fourth-order valence-corrected chi connectivity index (χ4v) is 0.921. The van der Waals surface area contributed by atoms with Gasteiger partial charge in [0.05, 0.1) is 0 Å². The van der Waals surface area contributed by atoms with E-state index in [1.807, 2.05) is 0 Å². The first kappa shape index (κ1) is 9.25. The van der Waals surface area contributed by atoms with Gasteiger partial charge in [0.15, 0.2) is 5.94 Å². The second kappa shape index (κ2) is 3.71. The lowest BCUT2D eigenvalue weighted by atomic mass is 10.3. The first-order chi connectivity index (χ1) is 5.58. The maximum absolute atomic E-state index is 11.7. The molecule has 0 heterocycles. The monoisotopic (exact) mass is 196 g/mol. The molecule has 0 aromatic heterocycles. The molecule has 0 unspecified atom stereocenters. The van der Waals surface area contributed by atoms with Gasteiger partial charge >= 0.3 is 0 Å². The van der Waals surface area contributed by atoms with Crippen LogP contribution >= 0.6 is 11.2 Å². The van der Waals surface area contributed by atoms with E-state index in [0.29, 0.717) is 0 Å². The number of rotatable bonds is 3. The minimum atomic E-state index is -5.04. The summed E-state index contributed by atoms with van der Waals surface area (Å²) in [5.74, 6) is -0.904. The second-order valence-electron chi connectivity index (χ2n) is 2.08. The molecule has 68 valence electrons. The molecule has 0 amide bonds. The van der Waals surface area contributed by atoms with Gasteiger partial charge in [0, 0.05) is 0 Å². The molecule has 0 aliphatic carbocycles. The fraction of sp³-hybridized carbons (Fsp3) is 0.143. The van der Waals surface area contributed by atoms with Crippen molar-refractivity contribution < 1.29 is 16.4 Å². The molecule has 1 rings (SSSR count). The van der Waals surface area contributed by atoms with Gasteiger partial charge in [-0.15, -0.1) is 11.7 Å². The van der Waals surface area contributed by atoms with Crippen molar-refractivity contribution in [2.75, 3.05) is 5.94 Å². The van der Waals surface area contributed by atoms with Crippen molar-refractivity contribution in [2.24, 2.45) is 0 Å². The number of para-hydroxylation sites is 1. The van der Waals surface area contributed by atoms with Crippen LogP contribution in [-0.4, -0.2) is 5.94 Å². The number of ether oxygens (including phenoxy) is 1. The molecule has 1 aromatic carbocycles. The van der Waals surface area contributed by atoms with E-state index in [9.17, 15) is 11.7 Å². The Bertz CT molecular complexity index is 234. The van der Waals surface area contributed by atoms with Gasteiger partial charge in [0.1, 0.15) is 5.75 Å². The molecule has 12 heavy (non-hydrogen) atoms. The van der Waals surface area contributed by atoms with Crippen molar-refractivity contribution in [1.29, 1.82) is 0 Å². The Morgan fingerprint density at radius 2 is 1.67 bits per heavy atom. The third-order valence-electron chi connectivity index (χ3n) is 1.10. The summed E-state index contributed by atoms with van der Waals surface area (Å²) in [5, 5.41) is 0. The molecule has 0 aliphatic rings. The van der Waals surface area contributed by atoms with Crippen LogP contribution in [0.25, 0.3) is 0 Å². The summed E-state index contributed by atoms with van der Waals surface area (Å²) < 4.78 is 39.6. The standard InChI is InChI=1S/C7H7F3OS/c8-12(9,10)6-11-7-4-2-1-3-5-7/h1-5H,6H2. The van der Waals surface area contributed by atoms with E-state index in [4.69, 9.17) is 0 Å². The predicted molar refractivity (Wildman–Crippen MR) is 42.9 cm³/mol. The molecule has 0 radical (unpaired) electrons. The van der Waals surface area contributed by atoms with Crippen LogP contribution in [0.1, 0.15) is 0 Å². The highest BCUT2D eigenvalue weighted by molar-refractivity contribution is 8.20. The van der Waals surface area contributed by atoms with E-state index in [1.54, 1.807) is 18.2 Å². The number of benzene rings is 1. The van der Waals surface area contributed by atoms with Gasteiger partial charge in [-0.2, -0.15) is 0 Å². The molecule has 0 spiro atoms. The van der Waals surface area contributed by atoms with E-state index in [-0.39, 0.29) is 5.75 Å². The number of hydrogen-bond acceptors (Lipinski definition) is 1. The highest BCUT2D eigenvalue weighted by atomic mass is 32.3. The Hall–Kier alpha value is -0.840. The van der Waals surface area contributed by atoms with E-state index >= 15 is 0 Å². The van der Waals surface area contributed by atoms with Gasteiger partial charge < -0.3 is 4.74 Å². The molecule has 0 fully saturated rings. The third kappa shape index (κ3) is 3.52. The minimum Gasteiger partial charge on any atom is -0.477 e. The van der Waals surface area contributed by atoms with Crippen molar-refractivity contribution in [2.45, 2.75) is 0 Å². The van der Waals surface area contributed by atoms with Crippen LogP contribution in [0.5, 0.6) is 5.75 Å². The van der Waals surface area contributed by atoms with Crippen molar-refractivity contribution in [3.63, 3.8) is 0 Å². The fourth-order valence-electron chi connectivity index (χ4n) is 0.652. The largest absolute Gasteiger partial charge is 0.477 e. The smallest absolute Gasteiger partial charge is 0.244 e. The molecule has 1 aromatic rings. The quantitative estimate of drug-likeness (QED) is 0.719. The number of halogens is 3. The molecular weight excluding hydrogens is 189 g/mol. The van der Waals surface area contributed by atoms with Crippen LogP contribution in [0.3, 0.4) is 0 Å². The number of hydrogen-bond donors (Lipinski definition) is 0. The maximum Gasteiger partial charge on any atom is 0.244 e. The van der Waals surface area contributed by atoms with Crippen molar-refractivity contribution in [1.82, 2.24) is 0 Å². The SMILES string of the molecule is FS(F)(F)COc1ccccc1. The van der Waals surface area contributed by atoms with Crippen LogP contribution < -0.4 is 4.74 Å². The summed E-state index contributed by atoms with van der Waals surface area (Å²) in [6, 6.07) is 7.95. The van der Waals surface area contributed by atoms with E-state index < -0.39 is 17.1 Å². The molecule has 5 heteroatoms. The molecule has 0 bridgehead atoms. The zero-order valence-electron chi connectivity index (χ0n) is 6.04. The molecule has 1 nitrogen and oxygen atoms in total. The Morgan fingerprint density at radius 1 is 1.08 bits per heavy atom. The Kier molecular flexibility index (Phi) is 2.86. The molecule has 0 aliphatic heterocycles. The molecule has 0 atom stereocenters. The van der Waals surface area contributed by atoms with Crippen LogP contribution in [0.2, 0.25) is 0 Å². The lowest BCUT2D eigenvalue weighted by Gasteiger charge is -2.10. The van der Waals surface area contributed by atoms with Crippen molar-refractivity contribution >= 4 is 11.2 Å². The molecule has 0 saturated carbocycles. The van der Waals surface area contributed by atoms with Crippen molar-refractivity contribution in [3.05, 3.63) is 30.3 Å². The minimum absolute atomic E-state index is 0.252. The van der Waals surface area contributed by atoms with Gasteiger partial charge in [-0.25, -0.2) is 0 Å². The van der Waals surface area contributed by atoms with Crippen LogP contribution in [0, 0.1) is 0 Å². The summed E-state index contributed by atoms with van der Waals surface area (Å²) in [6.07, 6.45) is 0. The summed E-state index contributed by atoms with van der Waals surface area (Å²) in [6.45, 7) is 0. The van der Waals surface area contributed by atoms with Gasteiger partial charge in [-0.1, -0.05) is 18.2 Å². The highest BCUT2D eigenvalue weighted by Gasteiger charge is 2.21. The van der Waals surface area contributed by atoms with E-state index in [1.165, 1.54) is 12.1 Å². The lowest BCUT2D eigenvalue weighted by Crippen LogP contribution is -1.97. The average molecular weight is 196 g/mol. The second-order valence-corrected chi connectivity index (χ2v) is 3.32. The lowest BCUT2D eigenvalue weighted by molar-refractivity contribution is 0.366. The average Bonchev–Trinajstić information content (AvgIpc) is 2.02. The summed E-state index contributed by atoms with van der Waals surface area (Å²) >= 11 is -5.04. The Morgan fingerprint density at radius 3 is 2.17 bits per heavy atom. The summed E-state index contributed by atoms with van der Waals surface area (Å²) in [4.78, 5) is 0. The molecular formula is C7H7F3OS. The molecule has 0 N–H and O–H groups in total. The van der Waals surface area contributed by atoms with Gasteiger partial charge in [0.25, 0.3) is 0 Å². The highest BCUT2D eigenvalue weighted by Crippen LogP contribution is 2.52. The zero-order chi connectivity index (χ0) is 9.03.